The minimum absolute atomic E-state index is 0.00227. The van der Waals surface area contributed by atoms with Crippen LogP contribution in [0.15, 0.2) is 36.4 Å². The van der Waals surface area contributed by atoms with Crippen molar-refractivity contribution in [3.63, 3.8) is 0 Å². The van der Waals surface area contributed by atoms with Crippen LogP contribution in [0.3, 0.4) is 0 Å². The largest absolute Gasteiger partial charge is 0.486 e. The van der Waals surface area contributed by atoms with E-state index in [1.807, 2.05) is 0 Å². The summed E-state index contributed by atoms with van der Waals surface area (Å²) in [5.41, 5.74) is 1.83. The molecule has 7 heteroatoms. The van der Waals surface area contributed by atoms with Gasteiger partial charge in [-0.3, -0.25) is 9.59 Å². The predicted octanol–water partition coefficient (Wildman–Crippen LogP) is 3.36. The number of nitrogens with one attached hydrogen (secondary N) is 2. The van der Waals surface area contributed by atoms with Crippen molar-refractivity contribution in [1.82, 2.24) is 0 Å². The molecule has 6 nitrogen and oxygen atoms in total. The van der Waals surface area contributed by atoms with Crippen molar-refractivity contribution in [3.05, 3.63) is 47.0 Å². The fraction of sp³-hybridized carbons (Fsp3) is 0.222. The molecular formula is C18H17ClN2O4. The molecule has 2 aromatic rings. The van der Waals surface area contributed by atoms with Crippen LogP contribution in [0.1, 0.15) is 17.3 Å². The molecule has 2 N–H and O–H groups in total. The Morgan fingerprint density at radius 3 is 2.36 bits per heavy atom. The van der Waals surface area contributed by atoms with Crippen LogP contribution in [-0.2, 0) is 4.79 Å². The number of hydrogen-bond donors (Lipinski definition) is 2. The smallest absolute Gasteiger partial charge is 0.243 e. The molecule has 0 atom stereocenters. The Kier molecular flexibility index (Phi) is 5.09. The van der Waals surface area contributed by atoms with Gasteiger partial charge in [0.2, 0.25) is 5.91 Å². The summed E-state index contributed by atoms with van der Waals surface area (Å²) in [5.74, 6) is 0.864. The Bertz CT molecular complexity index is 805. The van der Waals surface area contributed by atoms with Gasteiger partial charge in [0.25, 0.3) is 0 Å². The molecule has 0 aliphatic carbocycles. The van der Waals surface area contributed by atoms with Crippen LogP contribution >= 0.6 is 11.6 Å². The quantitative estimate of drug-likeness (QED) is 0.799. The molecule has 1 aliphatic rings. The van der Waals surface area contributed by atoms with Crippen molar-refractivity contribution in [3.8, 4) is 11.5 Å². The summed E-state index contributed by atoms with van der Waals surface area (Å²) in [5, 5.41) is 6.11. The first-order chi connectivity index (χ1) is 12.0. The molecule has 1 aliphatic heterocycles. The molecule has 3 rings (SSSR count). The van der Waals surface area contributed by atoms with Gasteiger partial charge in [0.1, 0.15) is 13.2 Å². The topological polar surface area (TPSA) is 76.7 Å². The van der Waals surface area contributed by atoms with Gasteiger partial charge in [-0.05, 0) is 31.2 Å². The highest BCUT2D eigenvalue weighted by atomic mass is 35.5. The number of benzene rings is 2. The molecule has 1 amide bonds. The van der Waals surface area contributed by atoms with Gasteiger partial charge in [-0.15, -0.1) is 0 Å². The predicted molar refractivity (Wildman–Crippen MR) is 96.0 cm³/mol. The number of fused-ring (bicyclic) bond motifs is 1. The zero-order valence-electron chi connectivity index (χ0n) is 13.6. The number of carbonyl (C=O) groups excluding carboxylic acids is 2. The van der Waals surface area contributed by atoms with Gasteiger partial charge in [0, 0.05) is 23.4 Å². The van der Waals surface area contributed by atoms with E-state index in [1.54, 1.807) is 36.4 Å². The van der Waals surface area contributed by atoms with E-state index >= 15 is 0 Å². The van der Waals surface area contributed by atoms with Gasteiger partial charge in [0.05, 0.1) is 17.3 Å². The van der Waals surface area contributed by atoms with E-state index in [-0.39, 0.29) is 18.2 Å². The molecule has 25 heavy (non-hydrogen) atoms. The monoisotopic (exact) mass is 360 g/mol. The Morgan fingerprint density at radius 1 is 1.08 bits per heavy atom. The van der Waals surface area contributed by atoms with Crippen molar-refractivity contribution < 1.29 is 19.1 Å². The third kappa shape index (κ3) is 4.22. The first kappa shape index (κ1) is 17.1. The summed E-state index contributed by atoms with van der Waals surface area (Å²) in [6.07, 6.45) is 0. The zero-order chi connectivity index (χ0) is 17.8. The number of carbonyl (C=O) groups is 2. The van der Waals surface area contributed by atoms with Crippen LogP contribution in [0.25, 0.3) is 0 Å². The fourth-order valence-corrected chi connectivity index (χ4v) is 2.56. The maximum atomic E-state index is 12.1. The lowest BCUT2D eigenvalue weighted by Crippen LogP contribution is -2.22. The van der Waals surface area contributed by atoms with Gasteiger partial charge in [-0.2, -0.15) is 0 Å². The molecule has 0 aromatic heterocycles. The Hall–Kier alpha value is -2.73. The molecule has 0 fully saturated rings. The highest BCUT2D eigenvalue weighted by Crippen LogP contribution is 2.37. The third-order valence-corrected chi connectivity index (χ3v) is 3.96. The minimum Gasteiger partial charge on any atom is -0.486 e. The number of Topliss-reactive ketones (excluding diaryl/α,β-unsaturated/α-hetero) is 1. The normalized spacial score (nSPS) is 12.4. The summed E-state index contributed by atoms with van der Waals surface area (Å²) < 4.78 is 10.9. The van der Waals surface area contributed by atoms with Gasteiger partial charge >= 0.3 is 0 Å². The lowest BCUT2D eigenvalue weighted by atomic mass is 10.1. The van der Waals surface area contributed by atoms with E-state index < -0.39 is 0 Å². The number of amides is 1. The lowest BCUT2D eigenvalue weighted by molar-refractivity contribution is -0.114. The van der Waals surface area contributed by atoms with Crippen LogP contribution in [0.2, 0.25) is 5.02 Å². The van der Waals surface area contributed by atoms with Crippen molar-refractivity contribution in [2.45, 2.75) is 6.92 Å². The van der Waals surface area contributed by atoms with Gasteiger partial charge < -0.3 is 20.1 Å². The van der Waals surface area contributed by atoms with Crippen molar-refractivity contribution in [1.29, 1.82) is 0 Å². The Morgan fingerprint density at radius 2 is 1.72 bits per heavy atom. The summed E-state index contributed by atoms with van der Waals surface area (Å²) >= 11 is 6.17. The summed E-state index contributed by atoms with van der Waals surface area (Å²) in [4.78, 5) is 23.4. The second-order valence-corrected chi connectivity index (χ2v) is 5.92. The average Bonchev–Trinajstić information content (AvgIpc) is 2.61. The van der Waals surface area contributed by atoms with Crippen molar-refractivity contribution in [2.75, 3.05) is 30.4 Å². The van der Waals surface area contributed by atoms with E-state index in [2.05, 4.69) is 10.6 Å². The van der Waals surface area contributed by atoms with E-state index in [4.69, 9.17) is 21.1 Å². The molecule has 0 unspecified atom stereocenters. The molecule has 0 saturated heterocycles. The SMILES string of the molecule is CC(=O)c1ccc(NCC(=O)Nc2cc3c(cc2Cl)OCCO3)cc1. The number of ether oxygens (including phenoxy) is 2. The second-order valence-electron chi connectivity index (χ2n) is 5.51. The number of rotatable bonds is 5. The number of halogens is 1. The van der Waals surface area contributed by atoms with Crippen LogP contribution in [0.5, 0.6) is 11.5 Å². The minimum atomic E-state index is -0.255. The van der Waals surface area contributed by atoms with Gasteiger partial charge in [0.15, 0.2) is 17.3 Å². The van der Waals surface area contributed by atoms with Crippen LogP contribution in [0.4, 0.5) is 11.4 Å². The van der Waals surface area contributed by atoms with Crippen molar-refractivity contribution in [2.24, 2.45) is 0 Å². The lowest BCUT2D eigenvalue weighted by Gasteiger charge is -2.20. The Balaban J connectivity index is 1.60. The van der Waals surface area contributed by atoms with Crippen LogP contribution in [-0.4, -0.2) is 31.4 Å². The first-order valence-electron chi connectivity index (χ1n) is 7.77. The molecule has 0 spiro atoms. The number of hydrogen-bond acceptors (Lipinski definition) is 5. The molecule has 0 radical (unpaired) electrons. The fourth-order valence-electron chi connectivity index (χ4n) is 2.36. The maximum Gasteiger partial charge on any atom is 0.243 e. The van der Waals surface area contributed by atoms with Gasteiger partial charge in [-0.1, -0.05) is 11.6 Å². The van der Waals surface area contributed by atoms with Crippen LogP contribution < -0.4 is 20.1 Å². The molecule has 0 saturated carbocycles. The number of anilines is 2. The molecular weight excluding hydrogens is 344 g/mol. The highest BCUT2D eigenvalue weighted by molar-refractivity contribution is 6.34. The Labute approximate surface area is 150 Å². The zero-order valence-corrected chi connectivity index (χ0v) is 14.4. The second kappa shape index (κ2) is 7.44. The van der Waals surface area contributed by atoms with E-state index in [9.17, 15) is 9.59 Å². The summed E-state index contributed by atoms with van der Waals surface area (Å²) in [6.45, 7) is 2.50. The summed E-state index contributed by atoms with van der Waals surface area (Å²) in [7, 11) is 0. The van der Waals surface area contributed by atoms with E-state index in [0.29, 0.717) is 41.0 Å². The van der Waals surface area contributed by atoms with Crippen molar-refractivity contribution >= 4 is 34.7 Å². The standard InChI is InChI=1S/C18H17ClN2O4/c1-11(22)12-2-4-13(5-3-12)20-10-18(23)21-15-9-17-16(8-14(15)19)24-6-7-25-17/h2-5,8-9,20H,6-7,10H2,1H3,(H,21,23). The average molecular weight is 361 g/mol. The highest BCUT2D eigenvalue weighted by Gasteiger charge is 2.16. The number of ketones is 1. The third-order valence-electron chi connectivity index (χ3n) is 3.65. The maximum absolute atomic E-state index is 12.1. The van der Waals surface area contributed by atoms with E-state index in [1.165, 1.54) is 6.92 Å². The molecule has 1 heterocycles. The van der Waals surface area contributed by atoms with Crippen LogP contribution in [0, 0.1) is 0 Å². The first-order valence-corrected chi connectivity index (χ1v) is 8.14. The molecule has 130 valence electrons. The molecule has 2 aromatic carbocycles. The molecule has 0 bridgehead atoms. The summed E-state index contributed by atoms with van der Waals surface area (Å²) in [6, 6.07) is 10.2. The van der Waals surface area contributed by atoms with Gasteiger partial charge in [-0.25, -0.2) is 0 Å². The van der Waals surface area contributed by atoms with E-state index in [0.717, 1.165) is 5.69 Å².